The van der Waals surface area contributed by atoms with Crippen LogP contribution in [-0.2, 0) is 6.54 Å². The summed E-state index contributed by atoms with van der Waals surface area (Å²) < 4.78 is 15.6. The van der Waals surface area contributed by atoms with Gasteiger partial charge in [-0.05, 0) is 41.0 Å². The summed E-state index contributed by atoms with van der Waals surface area (Å²) in [6.45, 7) is 0.738. The van der Waals surface area contributed by atoms with E-state index in [0.29, 0.717) is 0 Å². The van der Waals surface area contributed by atoms with E-state index < -0.39 is 0 Å². The Bertz CT molecular complexity index is 1410. The van der Waals surface area contributed by atoms with Crippen molar-refractivity contribution in [1.82, 2.24) is 4.57 Å². The Morgan fingerprint density at radius 1 is 0.667 bits per heavy atom. The zero-order valence-electron chi connectivity index (χ0n) is 18.1. The van der Waals surface area contributed by atoms with Crippen LogP contribution in [0.3, 0.4) is 0 Å². The second-order valence-electron chi connectivity index (χ2n) is 7.88. The molecule has 0 N–H and O–H groups in total. The second-order valence-corrected chi connectivity index (χ2v) is 7.88. The van der Waals surface area contributed by atoms with Gasteiger partial charge in [0.1, 0.15) is 5.82 Å². The molecule has 0 spiro atoms. The Morgan fingerprint density at radius 2 is 1.33 bits per heavy atom. The highest BCUT2D eigenvalue weighted by atomic mass is 19.1. The van der Waals surface area contributed by atoms with Crippen molar-refractivity contribution < 1.29 is 4.39 Å². The van der Waals surface area contributed by atoms with Gasteiger partial charge in [0.15, 0.2) is 0 Å². The van der Waals surface area contributed by atoms with Crippen LogP contribution in [0.2, 0.25) is 0 Å². The molecule has 3 heteroatoms. The first-order valence-corrected chi connectivity index (χ1v) is 11.0. The first-order valence-electron chi connectivity index (χ1n) is 11.0. The van der Waals surface area contributed by atoms with Gasteiger partial charge >= 0.3 is 0 Å². The number of aromatic nitrogens is 1. The van der Waals surface area contributed by atoms with Crippen LogP contribution < -0.4 is 0 Å². The van der Waals surface area contributed by atoms with Crippen LogP contribution in [0.1, 0.15) is 22.4 Å². The smallest absolute Gasteiger partial charge is 0.123 e. The third kappa shape index (κ3) is 4.68. The number of fused-ring (bicyclic) bond motifs is 1. The van der Waals surface area contributed by atoms with Crippen molar-refractivity contribution in [3.8, 4) is 0 Å². The third-order valence-electron chi connectivity index (χ3n) is 5.61. The summed E-state index contributed by atoms with van der Waals surface area (Å²) >= 11 is 0. The van der Waals surface area contributed by atoms with Crippen LogP contribution in [0, 0.1) is 5.82 Å². The molecule has 33 heavy (non-hydrogen) atoms. The lowest BCUT2D eigenvalue weighted by Crippen LogP contribution is -2.01. The van der Waals surface area contributed by atoms with Gasteiger partial charge in [0, 0.05) is 18.1 Å². The molecule has 0 aliphatic carbocycles. The van der Waals surface area contributed by atoms with Gasteiger partial charge in [0.05, 0.1) is 16.9 Å². The molecule has 0 saturated carbocycles. The zero-order valence-corrected chi connectivity index (χ0v) is 18.1. The van der Waals surface area contributed by atoms with Gasteiger partial charge in [-0.2, -0.15) is 0 Å². The van der Waals surface area contributed by atoms with Crippen molar-refractivity contribution in [2.45, 2.75) is 6.54 Å². The average Bonchev–Trinajstić information content (AvgIpc) is 3.16. The van der Waals surface area contributed by atoms with E-state index in [1.54, 1.807) is 18.3 Å². The fourth-order valence-electron chi connectivity index (χ4n) is 3.97. The summed E-state index contributed by atoms with van der Waals surface area (Å²) in [5, 5.41) is 1.08. The van der Waals surface area contributed by atoms with Crippen molar-refractivity contribution in [3.05, 3.63) is 137 Å². The SMILES string of the molecule is Fc1ccc(C=Nc2c(/C=C/c3ccccc3)n(Cc3ccccc3)c3ccccc23)cc1. The van der Waals surface area contributed by atoms with Gasteiger partial charge in [-0.25, -0.2) is 4.39 Å². The highest BCUT2D eigenvalue weighted by molar-refractivity contribution is 6.00. The predicted octanol–water partition coefficient (Wildman–Crippen LogP) is 7.75. The molecule has 0 atom stereocenters. The fourth-order valence-corrected chi connectivity index (χ4v) is 3.97. The molecule has 5 aromatic rings. The number of aliphatic imine (C=N–C) groups is 1. The normalized spacial score (nSPS) is 11.7. The monoisotopic (exact) mass is 430 g/mol. The maximum Gasteiger partial charge on any atom is 0.123 e. The van der Waals surface area contributed by atoms with Crippen molar-refractivity contribution in [3.63, 3.8) is 0 Å². The highest BCUT2D eigenvalue weighted by Crippen LogP contribution is 2.35. The van der Waals surface area contributed by atoms with E-state index in [4.69, 9.17) is 4.99 Å². The molecular weight excluding hydrogens is 407 g/mol. The van der Waals surface area contributed by atoms with Crippen LogP contribution in [-0.4, -0.2) is 10.8 Å². The molecule has 0 bridgehead atoms. The molecule has 0 radical (unpaired) electrons. The Morgan fingerprint density at radius 3 is 2.09 bits per heavy atom. The summed E-state index contributed by atoms with van der Waals surface area (Å²) in [4.78, 5) is 4.89. The van der Waals surface area contributed by atoms with Gasteiger partial charge in [-0.3, -0.25) is 4.99 Å². The van der Waals surface area contributed by atoms with Crippen molar-refractivity contribution in [2.75, 3.05) is 0 Å². The van der Waals surface area contributed by atoms with E-state index in [9.17, 15) is 4.39 Å². The first-order chi connectivity index (χ1) is 16.3. The summed E-state index contributed by atoms with van der Waals surface area (Å²) in [7, 11) is 0. The molecule has 0 saturated heterocycles. The van der Waals surface area contributed by atoms with Crippen LogP contribution in [0.15, 0.2) is 114 Å². The molecular formula is C30H23FN2. The zero-order chi connectivity index (χ0) is 22.5. The molecule has 160 valence electrons. The van der Waals surface area contributed by atoms with Crippen molar-refractivity contribution in [1.29, 1.82) is 0 Å². The fraction of sp³-hybridized carbons (Fsp3) is 0.0333. The number of hydrogen-bond acceptors (Lipinski definition) is 1. The Kier molecular flexibility index (Phi) is 5.94. The Balaban J connectivity index is 1.66. The van der Waals surface area contributed by atoms with Crippen molar-refractivity contribution in [2.24, 2.45) is 4.99 Å². The lowest BCUT2D eigenvalue weighted by molar-refractivity contribution is 0.628. The van der Waals surface area contributed by atoms with E-state index in [1.165, 1.54) is 17.7 Å². The molecule has 0 unspecified atom stereocenters. The van der Waals surface area contributed by atoms with Crippen LogP contribution in [0.4, 0.5) is 10.1 Å². The van der Waals surface area contributed by atoms with Gasteiger partial charge in [0.25, 0.3) is 0 Å². The minimum absolute atomic E-state index is 0.252. The molecule has 4 aromatic carbocycles. The number of rotatable bonds is 6. The van der Waals surface area contributed by atoms with E-state index in [2.05, 4.69) is 71.3 Å². The number of nitrogens with zero attached hydrogens (tertiary/aromatic N) is 2. The topological polar surface area (TPSA) is 17.3 Å². The Hall–Kier alpha value is -4.24. The number of hydrogen-bond donors (Lipinski definition) is 0. The lowest BCUT2D eigenvalue weighted by Gasteiger charge is -2.09. The van der Waals surface area contributed by atoms with Gasteiger partial charge in [0.2, 0.25) is 0 Å². The molecule has 0 aliphatic heterocycles. The van der Waals surface area contributed by atoms with E-state index in [1.807, 2.05) is 30.3 Å². The molecule has 5 rings (SSSR count). The minimum atomic E-state index is -0.252. The maximum absolute atomic E-state index is 13.3. The van der Waals surface area contributed by atoms with Crippen molar-refractivity contribution >= 4 is 35.0 Å². The summed E-state index contributed by atoms with van der Waals surface area (Å²) in [5.74, 6) is -0.252. The predicted molar refractivity (Wildman–Crippen MR) is 137 cm³/mol. The number of benzene rings is 4. The first kappa shape index (κ1) is 20.7. The Labute approximate surface area is 193 Å². The molecule has 1 heterocycles. The van der Waals surface area contributed by atoms with E-state index >= 15 is 0 Å². The average molecular weight is 431 g/mol. The number of para-hydroxylation sites is 1. The molecule has 1 aromatic heterocycles. The minimum Gasteiger partial charge on any atom is -0.335 e. The molecule has 0 fully saturated rings. The van der Waals surface area contributed by atoms with E-state index in [0.717, 1.165) is 40.0 Å². The van der Waals surface area contributed by atoms with Crippen LogP contribution >= 0.6 is 0 Å². The van der Waals surface area contributed by atoms with Gasteiger partial charge < -0.3 is 4.57 Å². The summed E-state index contributed by atoms with van der Waals surface area (Å²) in [6.07, 6.45) is 6.05. The van der Waals surface area contributed by atoms with Crippen LogP contribution in [0.5, 0.6) is 0 Å². The standard InChI is InChI=1S/C30H23FN2/c31-26-18-15-24(16-19-26)21-32-30-27-13-7-8-14-28(27)33(22-25-11-5-2-6-12-25)29(30)20-17-23-9-3-1-4-10-23/h1-21H,22H2/b20-17+,32-21?. The highest BCUT2D eigenvalue weighted by Gasteiger charge is 2.15. The second kappa shape index (κ2) is 9.49. The largest absolute Gasteiger partial charge is 0.335 e. The molecule has 0 aliphatic rings. The maximum atomic E-state index is 13.3. The van der Waals surface area contributed by atoms with E-state index in [-0.39, 0.29) is 5.82 Å². The quantitative estimate of drug-likeness (QED) is 0.245. The molecule has 2 nitrogen and oxygen atoms in total. The number of halogens is 1. The lowest BCUT2D eigenvalue weighted by atomic mass is 10.1. The third-order valence-corrected chi connectivity index (χ3v) is 5.61. The summed E-state index contributed by atoms with van der Waals surface area (Å²) in [6, 6.07) is 35.4. The van der Waals surface area contributed by atoms with Gasteiger partial charge in [-0.1, -0.05) is 97.1 Å². The summed E-state index contributed by atoms with van der Waals surface area (Å²) in [5.41, 5.74) is 6.26. The van der Waals surface area contributed by atoms with Gasteiger partial charge in [-0.15, -0.1) is 0 Å². The van der Waals surface area contributed by atoms with Crippen LogP contribution in [0.25, 0.3) is 23.1 Å². The molecule has 0 amide bonds.